The molecule has 0 bridgehead atoms. The minimum Gasteiger partial charge on any atom is -0.463 e. The molecule has 0 aliphatic heterocycles. The SMILES string of the molecule is CCCCCCCC/C=C/CCCCCCCCCCCCCC(=O)OCC(O)COP(=O)(O)OCC(O)COP(=O)(O)OCC(O)COC(=O)CCCCCCCCCCCCC/C=C/CCCCCCCC. The summed E-state index contributed by atoms with van der Waals surface area (Å²) < 4.78 is 53.3. The van der Waals surface area contributed by atoms with Gasteiger partial charge in [-0.05, 0) is 64.2 Å². The van der Waals surface area contributed by atoms with Crippen LogP contribution in [0.3, 0.4) is 0 Å². The number of carbonyl (C=O) groups is 2. The van der Waals surface area contributed by atoms with E-state index in [1.165, 1.54) is 193 Å². The van der Waals surface area contributed by atoms with Gasteiger partial charge in [-0.25, -0.2) is 9.13 Å². The number of allylic oxidation sites excluding steroid dienone is 4. The fraction of sp³-hybridized carbons (Fsp3) is 0.895. The van der Waals surface area contributed by atoms with Crippen LogP contribution in [0.25, 0.3) is 0 Å². The monoisotopic (exact) mass is 1100 g/mol. The first-order chi connectivity index (χ1) is 35.8. The van der Waals surface area contributed by atoms with E-state index in [4.69, 9.17) is 18.5 Å². The van der Waals surface area contributed by atoms with E-state index in [-0.39, 0.29) is 12.8 Å². The van der Waals surface area contributed by atoms with Crippen LogP contribution < -0.4 is 0 Å². The summed E-state index contributed by atoms with van der Waals surface area (Å²) in [7, 11) is -9.58. The summed E-state index contributed by atoms with van der Waals surface area (Å²) in [6.07, 6.45) is 51.6. The molecule has 0 aliphatic rings. The highest BCUT2D eigenvalue weighted by Crippen LogP contribution is 2.45. The largest absolute Gasteiger partial charge is 0.472 e. The molecule has 15 nitrogen and oxygen atoms in total. The Hall–Kier alpha value is -1.48. The lowest BCUT2D eigenvalue weighted by atomic mass is 10.0. The quantitative estimate of drug-likeness (QED) is 0.0165. The van der Waals surface area contributed by atoms with Crippen molar-refractivity contribution in [1.29, 1.82) is 0 Å². The van der Waals surface area contributed by atoms with E-state index in [2.05, 4.69) is 47.2 Å². The molecule has 4 unspecified atom stereocenters. The van der Waals surface area contributed by atoms with Crippen molar-refractivity contribution in [1.82, 2.24) is 0 Å². The lowest BCUT2D eigenvalue weighted by molar-refractivity contribution is -0.148. The van der Waals surface area contributed by atoms with Crippen LogP contribution in [0.15, 0.2) is 24.3 Å². The molecule has 0 aromatic carbocycles. The predicted molar refractivity (Wildman–Crippen MR) is 298 cm³/mol. The number of hydrogen-bond donors (Lipinski definition) is 5. The van der Waals surface area contributed by atoms with Crippen LogP contribution in [0.2, 0.25) is 0 Å². The Bertz CT molecular complexity index is 1310. The number of carbonyl (C=O) groups excluding carboxylic acids is 2. The number of unbranched alkanes of at least 4 members (excludes halogenated alkanes) is 34. The number of esters is 2. The van der Waals surface area contributed by atoms with Crippen LogP contribution in [0.5, 0.6) is 0 Å². The Balaban J connectivity index is 3.78. The molecule has 0 rings (SSSR count). The van der Waals surface area contributed by atoms with Crippen molar-refractivity contribution in [3.63, 3.8) is 0 Å². The number of phosphoric ester groups is 2. The normalized spacial score (nSPS) is 14.9. The predicted octanol–water partition coefficient (Wildman–Crippen LogP) is 15.2. The van der Waals surface area contributed by atoms with E-state index < -0.39 is 85.5 Å². The maximum Gasteiger partial charge on any atom is 0.472 e. The molecule has 0 radical (unpaired) electrons. The van der Waals surface area contributed by atoms with Crippen LogP contribution in [0, 0.1) is 0 Å². The number of phosphoric acid groups is 2. The van der Waals surface area contributed by atoms with Gasteiger partial charge in [0.1, 0.15) is 31.5 Å². The van der Waals surface area contributed by atoms with E-state index >= 15 is 0 Å². The van der Waals surface area contributed by atoms with Gasteiger partial charge in [-0.15, -0.1) is 0 Å². The Morgan fingerprint density at radius 3 is 0.784 bits per heavy atom. The maximum absolute atomic E-state index is 12.2. The van der Waals surface area contributed by atoms with Gasteiger partial charge in [0.15, 0.2) is 0 Å². The minimum atomic E-state index is -4.79. The van der Waals surface area contributed by atoms with Crippen LogP contribution >= 0.6 is 15.6 Å². The summed E-state index contributed by atoms with van der Waals surface area (Å²) in [5.41, 5.74) is 0. The van der Waals surface area contributed by atoms with E-state index in [1.54, 1.807) is 0 Å². The molecule has 74 heavy (non-hydrogen) atoms. The van der Waals surface area contributed by atoms with Crippen molar-refractivity contribution < 1.29 is 71.4 Å². The molecule has 0 saturated heterocycles. The zero-order valence-electron chi connectivity index (χ0n) is 46.8. The number of hydrogen-bond acceptors (Lipinski definition) is 13. The van der Waals surface area contributed by atoms with Gasteiger partial charge in [0.25, 0.3) is 0 Å². The smallest absolute Gasteiger partial charge is 0.463 e. The highest BCUT2D eigenvalue weighted by Gasteiger charge is 2.28. The Morgan fingerprint density at radius 2 is 0.541 bits per heavy atom. The third-order valence-corrected chi connectivity index (χ3v) is 14.8. The lowest BCUT2D eigenvalue weighted by Gasteiger charge is -2.19. The molecule has 5 N–H and O–H groups in total. The molecule has 0 fully saturated rings. The van der Waals surface area contributed by atoms with Crippen molar-refractivity contribution in [3.05, 3.63) is 24.3 Å². The van der Waals surface area contributed by atoms with Crippen LogP contribution in [0.1, 0.15) is 271 Å². The highest BCUT2D eigenvalue weighted by atomic mass is 31.2. The summed E-state index contributed by atoms with van der Waals surface area (Å²) in [5.74, 6) is -0.986. The van der Waals surface area contributed by atoms with Gasteiger partial charge in [0, 0.05) is 12.8 Å². The van der Waals surface area contributed by atoms with E-state index in [9.17, 15) is 43.8 Å². The summed E-state index contributed by atoms with van der Waals surface area (Å²) in [6.45, 7) is 0.482. The van der Waals surface area contributed by atoms with Crippen molar-refractivity contribution in [2.45, 2.75) is 289 Å². The first kappa shape index (κ1) is 72.5. The van der Waals surface area contributed by atoms with Crippen LogP contribution in [-0.2, 0) is 46.3 Å². The lowest BCUT2D eigenvalue weighted by Crippen LogP contribution is -2.25. The van der Waals surface area contributed by atoms with Crippen molar-refractivity contribution in [2.24, 2.45) is 0 Å². The topological polar surface area (TPSA) is 225 Å². The Morgan fingerprint density at radius 1 is 0.338 bits per heavy atom. The molecule has 0 spiro atoms. The Kier molecular flexibility index (Phi) is 52.5. The average molecular weight is 1100 g/mol. The molecule has 0 saturated carbocycles. The number of ether oxygens (including phenoxy) is 2. The molecule has 438 valence electrons. The molecule has 17 heteroatoms. The van der Waals surface area contributed by atoms with Gasteiger partial charge in [-0.2, -0.15) is 0 Å². The molecular formula is C57H110O15P2. The van der Waals surface area contributed by atoms with Crippen molar-refractivity contribution >= 4 is 27.6 Å². The minimum absolute atomic E-state index is 0.198. The first-order valence-corrected chi connectivity index (χ1v) is 32.7. The van der Waals surface area contributed by atoms with Gasteiger partial charge in [-0.3, -0.25) is 27.7 Å². The van der Waals surface area contributed by atoms with E-state index in [1.807, 2.05) is 0 Å². The molecule has 0 heterocycles. The second kappa shape index (κ2) is 53.5. The fourth-order valence-corrected chi connectivity index (χ4v) is 9.85. The van der Waals surface area contributed by atoms with Crippen molar-refractivity contribution in [3.8, 4) is 0 Å². The maximum atomic E-state index is 12.2. The molecular weight excluding hydrogens is 987 g/mol. The Labute approximate surface area is 450 Å². The van der Waals surface area contributed by atoms with Crippen molar-refractivity contribution in [2.75, 3.05) is 39.6 Å². The third-order valence-electron chi connectivity index (χ3n) is 12.9. The van der Waals surface area contributed by atoms with Gasteiger partial charge in [-0.1, -0.05) is 218 Å². The number of aliphatic hydroxyl groups excluding tert-OH is 3. The zero-order valence-corrected chi connectivity index (χ0v) is 48.6. The highest BCUT2D eigenvalue weighted by molar-refractivity contribution is 7.47. The third kappa shape index (κ3) is 55.3. The van der Waals surface area contributed by atoms with E-state index in [0.29, 0.717) is 12.8 Å². The van der Waals surface area contributed by atoms with E-state index in [0.717, 1.165) is 38.5 Å². The van der Waals surface area contributed by atoms with Crippen LogP contribution in [0.4, 0.5) is 0 Å². The standard InChI is InChI=1S/C57H110O15P2/c1-3-5-7-9-11-13-15-17-19-21-23-25-27-29-31-33-35-37-39-41-43-45-56(61)67-47-53(58)49-69-73(63,64)71-51-55(60)52-72-74(65,66)70-50-54(59)48-68-57(62)46-44-42-40-38-36-34-32-30-28-26-24-22-20-18-16-14-12-10-8-6-4-2/h17-20,53-55,58-60H,3-16,21-52H2,1-2H3,(H,63,64)(H,65,66)/b19-17+,20-18+. The summed E-state index contributed by atoms with van der Waals surface area (Å²) >= 11 is 0. The number of rotatable bonds is 58. The van der Waals surface area contributed by atoms with Gasteiger partial charge < -0.3 is 34.6 Å². The van der Waals surface area contributed by atoms with Gasteiger partial charge >= 0.3 is 27.6 Å². The second-order valence-electron chi connectivity index (χ2n) is 20.4. The number of aliphatic hydroxyl groups is 3. The first-order valence-electron chi connectivity index (χ1n) is 29.7. The van der Waals surface area contributed by atoms with Crippen LogP contribution in [-0.4, -0.2) is 95.0 Å². The second-order valence-corrected chi connectivity index (χ2v) is 23.3. The molecule has 0 amide bonds. The van der Waals surface area contributed by atoms with Gasteiger partial charge in [0.05, 0.1) is 26.4 Å². The zero-order chi connectivity index (χ0) is 54.5. The fourth-order valence-electron chi connectivity index (χ4n) is 8.26. The van der Waals surface area contributed by atoms with Gasteiger partial charge in [0.2, 0.25) is 0 Å². The molecule has 0 aliphatic carbocycles. The molecule has 4 atom stereocenters. The molecule has 0 aromatic rings. The summed E-state index contributed by atoms with van der Waals surface area (Å²) in [4.78, 5) is 44.0. The molecule has 0 aromatic heterocycles. The summed E-state index contributed by atoms with van der Waals surface area (Å²) in [5, 5.41) is 30.2. The summed E-state index contributed by atoms with van der Waals surface area (Å²) in [6, 6.07) is 0. The average Bonchev–Trinajstić information content (AvgIpc) is 3.38.